The second-order valence-corrected chi connectivity index (χ2v) is 8.49. The van der Waals surface area contributed by atoms with Crippen LogP contribution < -0.4 is 4.31 Å². The molecule has 0 aliphatic carbocycles. The summed E-state index contributed by atoms with van der Waals surface area (Å²) in [4.78, 5) is 4.78. The fourth-order valence-corrected chi connectivity index (χ4v) is 5.51. The van der Waals surface area contributed by atoms with Crippen molar-refractivity contribution in [1.29, 1.82) is 0 Å². The third-order valence-electron chi connectivity index (χ3n) is 4.80. The van der Waals surface area contributed by atoms with Gasteiger partial charge in [0.1, 0.15) is 0 Å². The number of sulfonamides is 1. The van der Waals surface area contributed by atoms with E-state index in [1.807, 2.05) is 42.5 Å². The Morgan fingerprint density at radius 1 is 0.962 bits per heavy atom. The number of halogens is 1. The third kappa shape index (κ3) is 2.08. The Morgan fingerprint density at radius 2 is 1.77 bits per heavy atom. The van der Waals surface area contributed by atoms with Gasteiger partial charge in [0.15, 0.2) is 0 Å². The molecule has 0 unspecified atom stereocenters. The largest absolute Gasteiger partial charge is 0.265 e. The molecule has 0 fully saturated rings. The molecule has 0 radical (unpaired) electrons. The van der Waals surface area contributed by atoms with Crippen LogP contribution >= 0.6 is 11.6 Å². The molecule has 0 saturated heterocycles. The maximum atomic E-state index is 13.2. The van der Waals surface area contributed by atoms with Gasteiger partial charge in [-0.2, -0.15) is 0 Å². The number of hydrogen-bond donors (Lipinski definition) is 0. The van der Waals surface area contributed by atoms with Crippen LogP contribution in [-0.4, -0.2) is 13.4 Å². The summed E-state index contributed by atoms with van der Waals surface area (Å²) in [6, 6.07) is 18.4. The summed E-state index contributed by atoms with van der Waals surface area (Å²) in [5.74, 6) is 0. The van der Waals surface area contributed by atoms with Crippen LogP contribution in [0, 0.1) is 0 Å². The van der Waals surface area contributed by atoms with Crippen LogP contribution in [0.1, 0.15) is 5.56 Å². The van der Waals surface area contributed by atoms with Gasteiger partial charge in [-0.1, -0.05) is 41.9 Å². The van der Waals surface area contributed by atoms with Gasteiger partial charge < -0.3 is 0 Å². The highest BCUT2D eigenvalue weighted by Crippen LogP contribution is 2.43. The highest BCUT2D eigenvalue weighted by Gasteiger charge is 2.35. The standard InChI is InChI=1S/C20H13ClN2O2S/c21-16-10-9-14(20-15(16)6-3-11-22-20)12-23-17-7-1-4-13-5-2-8-18(19(13)17)26(23,24)25/h1-11H,12H2. The van der Waals surface area contributed by atoms with Crippen molar-refractivity contribution < 1.29 is 8.42 Å². The van der Waals surface area contributed by atoms with E-state index in [9.17, 15) is 8.42 Å². The quantitative estimate of drug-likeness (QED) is 0.504. The van der Waals surface area contributed by atoms with Crippen molar-refractivity contribution >= 4 is 49.0 Å². The predicted octanol–water partition coefficient (Wildman–Crippen LogP) is 4.75. The third-order valence-corrected chi connectivity index (χ3v) is 6.93. The van der Waals surface area contributed by atoms with Crippen molar-refractivity contribution in [1.82, 2.24) is 4.98 Å². The number of anilines is 1. The first-order chi connectivity index (χ1) is 12.6. The number of benzene rings is 3. The lowest BCUT2D eigenvalue weighted by Gasteiger charge is -2.20. The van der Waals surface area contributed by atoms with E-state index in [1.165, 1.54) is 4.31 Å². The Morgan fingerprint density at radius 3 is 2.62 bits per heavy atom. The molecule has 4 aromatic rings. The van der Waals surface area contributed by atoms with Crippen LogP contribution in [0.3, 0.4) is 0 Å². The Labute approximate surface area is 155 Å². The maximum Gasteiger partial charge on any atom is 0.265 e. The molecular formula is C20H13ClN2O2S. The number of pyridine rings is 1. The summed E-state index contributed by atoms with van der Waals surface area (Å²) in [5, 5.41) is 3.12. The Balaban J connectivity index is 1.72. The zero-order valence-corrected chi connectivity index (χ0v) is 15.1. The van der Waals surface area contributed by atoms with E-state index in [2.05, 4.69) is 4.98 Å². The fraction of sp³-hybridized carbons (Fsp3) is 0.0500. The molecule has 0 bridgehead atoms. The van der Waals surface area contributed by atoms with Gasteiger partial charge in [0.05, 0.1) is 22.6 Å². The molecule has 26 heavy (non-hydrogen) atoms. The summed E-state index contributed by atoms with van der Waals surface area (Å²) in [7, 11) is -3.60. The van der Waals surface area contributed by atoms with E-state index >= 15 is 0 Å². The fourth-order valence-electron chi connectivity index (χ4n) is 3.61. The smallest absolute Gasteiger partial charge is 0.261 e. The minimum absolute atomic E-state index is 0.209. The van der Waals surface area contributed by atoms with Crippen molar-refractivity contribution in [3.05, 3.63) is 77.4 Å². The van der Waals surface area contributed by atoms with Crippen molar-refractivity contribution in [3.63, 3.8) is 0 Å². The van der Waals surface area contributed by atoms with Gasteiger partial charge in [0.25, 0.3) is 10.0 Å². The van der Waals surface area contributed by atoms with Crippen LogP contribution in [0.2, 0.25) is 5.02 Å². The second kappa shape index (κ2) is 5.43. The summed E-state index contributed by atoms with van der Waals surface area (Å²) in [6.07, 6.45) is 1.69. The van der Waals surface area contributed by atoms with E-state index < -0.39 is 10.0 Å². The average molecular weight is 381 g/mol. The first-order valence-electron chi connectivity index (χ1n) is 8.14. The topological polar surface area (TPSA) is 50.3 Å². The molecule has 0 spiro atoms. The van der Waals surface area contributed by atoms with Crippen molar-refractivity contribution in [2.75, 3.05) is 4.31 Å². The lowest BCUT2D eigenvalue weighted by molar-refractivity contribution is 0.593. The molecule has 0 amide bonds. The molecule has 6 heteroatoms. The minimum atomic E-state index is -3.60. The molecule has 4 nitrogen and oxygen atoms in total. The molecular weight excluding hydrogens is 368 g/mol. The van der Waals surface area contributed by atoms with Crippen molar-refractivity contribution in [2.24, 2.45) is 0 Å². The van der Waals surface area contributed by atoms with E-state index in [0.29, 0.717) is 15.6 Å². The van der Waals surface area contributed by atoms with Crippen molar-refractivity contribution in [3.8, 4) is 0 Å². The zero-order valence-electron chi connectivity index (χ0n) is 13.6. The van der Waals surface area contributed by atoms with Crippen LogP contribution in [-0.2, 0) is 16.6 Å². The Kier molecular flexibility index (Phi) is 3.26. The average Bonchev–Trinajstić information content (AvgIpc) is 2.87. The highest BCUT2D eigenvalue weighted by molar-refractivity contribution is 7.93. The zero-order chi connectivity index (χ0) is 17.9. The highest BCUT2D eigenvalue weighted by atomic mass is 35.5. The Bertz CT molecular complexity index is 1300. The lowest BCUT2D eigenvalue weighted by atomic mass is 10.1. The molecule has 1 aromatic heterocycles. The number of nitrogens with zero attached hydrogens (tertiary/aromatic N) is 2. The summed E-state index contributed by atoms with van der Waals surface area (Å²) < 4.78 is 27.8. The minimum Gasteiger partial charge on any atom is -0.261 e. The van der Waals surface area contributed by atoms with E-state index in [-0.39, 0.29) is 6.54 Å². The number of aromatic nitrogens is 1. The SMILES string of the molecule is O=S1(=O)c2cccc3cccc(c23)N1Cc1ccc(Cl)c2cccnc12. The second-order valence-electron chi connectivity index (χ2n) is 6.25. The van der Waals surface area contributed by atoms with Gasteiger partial charge in [-0.05, 0) is 41.3 Å². The van der Waals surface area contributed by atoms with E-state index in [4.69, 9.17) is 11.6 Å². The summed E-state index contributed by atoms with van der Waals surface area (Å²) in [5.41, 5.74) is 2.24. The van der Waals surface area contributed by atoms with Crippen LogP contribution in [0.5, 0.6) is 0 Å². The van der Waals surface area contributed by atoms with Crippen molar-refractivity contribution in [2.45, 2.75) is 11.4 Å². The predicted molar refractivity (Wildman–Crippen MR) is 104 cm³/mol. The van der Waals surface area contributed by atoms with Gasteiger partial charge in [-0.3, -0.25) is 9.29 Å². The molecule has 1 aliphatic rings. The van der Waals surface area contributed by atoms with Gasteiger partial charge in [-0.15, -0.1) is 0 Å². The van der Waals surface area contributed by atoms with Gasteiger partial charge >= 0.3 is 0 Å². The van der Waals surface area contributed by atoms with E-state index in [0.717, 1.165) is 27.2 Å². The lowest BCUT2D eigenvalue weighted by Crippen LogP contribution is -2.26. The van der Waals surface area contributed by atoms with Gasteiger partial charge in [0.2, 0.25) is 0 Å². The molecule has 3 aromatic carbocycles. The summed E-state index contributed by atoms with van der Waals surface area (Å²) in [6.45, 7) is 0.209. The summed E-state index contributed by atoms with van der Waals surface area (Å²) >= 11 is 6.27. The van der Waals surface area contributed by atoms with Gasteiger partial charge in [-0.25, -0.2) is 8.42 Å². The molecule has 0 saturated carbocycles. The number of hydrogen-bond acceptors (Lipinski definition) is 3. The monoisotopic (exact) mass is 380 g/mol. The molecule has 0 N–H and O–H groups in total. The first-order valence-corrected chi connectivity index (χ1v) is 9.96. The first kappa shape index (κ1) is 15.6. The van der Waals surface area contributed by atoms with Crippen LogP contribution in [0.25, 0.3) is 21.7 Å². The van der Waals surface area contributed by atoms with E-state index in [1.54, 1.807) is 24.4 Å². The molecule has 1 aliphatic heterocycles. The number of rotatable bonds is 2. The number of fused-ring (bicyclic) bond motifs is 1. The molecule has 0 atom stereocenters. The maximum absolute atomic E-state index is 13.2. The van der Waals surface area contributed by atoms with Crippen LogP contribution in [0.4, 0.5) is 5.69 Å². The Hall–Kier alpha value is -2.63. The molecule has 5 rings (SSSR count). The van der Waals surface area contributed by atoms with Gasteiger partial charge in [0, 0.05) is 22.0 Å². The molecule has 2 heterocycles. The molecule has 128 valence electrons. The van der Waals surface area contributed by atoms with Crippen LogP contribution in [0.15, 0.2) is 71.8 Å². The normalized spacial score (nSPS) is 15.0.